The summed E-state index contributed by atoms with van der Waals surface area (Å²) in [7, 11) is 1.38. The molecular weight excluding hydrogens is 266 g/mol. The standard InChI is InChI=1S/C13H23NO6/c1-9(20-7-10-5-4-6-19-10)11(15)14-13(2,8-18-3)12(16)17/h9-10H,4-8H2,1-3H3,(H,14,15)(H,16,17). The van der Waals surface area contributed by atoms with Crippen molar-refractivity contribution in [2.75, 3.05) is 26.9 Å². The second kappa shape index (κ2) is 7.56. The number of carboxylic acid groups (broad SMARTS) is 1. The lowest BCUT2D eigenvalue weighted by Crippen LogP contribution is -2.57. The SMILES string of the molecule is COCC(C)(NC(=O)C(C)OCC1CCCO1)C(=O)O. The molecular formula is C13H23NO6. The molecule has 1 saturated heterocycles. The van der Waals surface area contributed by atoms with Gasteiger partial charge in [0.1, 0.15) is 6.10 Å². The van der Waals surface area contributed by atoms with Gasteiger partial charge in [-0.1, -0.05) is 0 Å². The van der Waals surface area contributed by atoms with E-state index in [0.717, 1.165) is 19.4 Å². The zero-order valence-electron chi connectivity index (χ0n) is 12.2. The number of aliphatic carboxylic acids is 1. The summed E-state index contributed by atoms with van der Waals surface area (Å²) < 4.78 is 15.6. The number of rotatable bonds is 8. The number of carboxylic acids is 1. The van der Waals surface area contributed by atoms with E-state index in [2.05, 4.69) is 5.32 Å². The van der Waals surface area contributed by atoms with Crippen molar-refractivity contribution in [3.8, 4) is 0 Å². The van der Waals surface area contributed by atoms with Gasteiger partial charge >= 0.3 is 5.97 Å². The average Bonchev–Trinajstić information content (AvgIpc) is 2.88. The van der Waals surface area contributed by atoms with Crippen molar-refractivity contribution in [2.45, 2.75) is 44.4 Å². The van der Waals surface area contributed by atoms with E-state index in [9.17, 15) is 9.59 Å². The second-order valence-electron chi connectivity index (χ2n) is 5.17. The lowest BCUT2D eigenvalue weighted by Gasteiger charge is -2.27. The molecule has 3 atom stereocenters. The molecule has 0 aromatic rings. The third-order valence-corrected chi connectivity index (χ3v) is 3.23. The highest BCUT2D eigenvalue weighted by Crippen LogP contribution is 2.13. The van der Waals surface area contributed by atoms with Crippen LogP contribution < -0.4 is 5.32 Å². The van der Waals surface area contributed by atoms with Gasteiger partial charge in [0.15, 0.2) is 5.54 Å². The van der Waals surface area contributed by atoms with Crippen LogP contribution in [0.2, 0.25) is 0 Å². The number of carbonyl (C=O) groups excluding carboxylic acids is 1. The van der Waals surface area contributed by atoms with Crippen molar-refractivity contribution in [1.29, 1.82) is 0 Å². The van der Waals surface area contributed by atoms with Gasteiger partial charge in [-0.15, -0.1) is 0 Å². The summed E-state index contributed by atoms with van der Waals surface area (Å²) in [4.78, 5) is 23.1. The summed E-state index contributed by atoms with van der Waals surface area (Å²) in [6, 6.07) is 0. The monoisotopic (exact) mass is 289 g/mol. The van der Waals surface area contributed by atoms with E-state index in [1.54, 1.807) is 6.92 Å². The third kappa shape index (κ3) is 4.73. The van der Waals surface area contributed by atoms with Crippen molar-refractivity contribution < 1.29 is 28.9 Å². The van der Waals surface area contributed by atoms with Gasteiger partial charge < -0.3 is 24.6 Å². The minimum absolute atomic E-state index is 0.0232. The molecule has 3 unspecified atom stereocenters. The number of amides is 1. The highest BCUT2D eigenvalue weighted by atomic mass is 16.5. The molecule has 1 aliphatic rings. The van der Waals surface area contributed by atoms with Gasteiger partial charge in [-0.25, -0.2) is 4.79 Å². The maximum absolute atomic E-state index is 11.9. The Morgan fingerprint density at radius 3 is 2.75 bits per heavy atom. The van der Waals surface area contributed by atoms with E-state index in [4.69, 9.17) is 19.3 Å². The van der Waals surface area contributed by atoms with Crippen molar-refractivity contribution in [1.82, 2.24) is 5.32 Å². The zero-order valence-corrected chi connectivity index (χ0v) is 12.2. The lowest BCUT2D eigenvalue weighted by atomic mass is 10.0. The molecule has 1 heterocycles. The molecule has 7 heteroatoms. The van der Waals surface area contributed by atoms with E-state index < -0.39 is 23.5 Å². The molecule has 1 aliphatic heterocycles. The fraction of sp³-hybridized carbons (Fsp3) is 0.846. The van der Waals surface area contributed by atoms with Crippen molar-refractivity contribution in [3.05, 3.63) is 0 Å². The maximum atomic E-state index is 11.9. The van der Waals surface area contributed by atoms with E-state index in [-0.39, 0.29) is 12.7 Å². The Balaban J connectivity index is 2.44. The summed E-state index contributed by atoms with van der Waals surface area (Å²) in [6.45, 7) is 3.91. The Bertz CT molecular complexity index is 342. The van der Waals surface area contributed by atoms with Crippen LogP contribution in [0, 0.1) is 0 Å². The lowest BCUT2D eigenvalue weighted by molar-refractivity contribution is -0.152. The van der Waals surface area contributed by atoms with Crippen LogP contribution in [0.4, 0.5) is 0 Å². The fourth-order valence-corrected chi connectivity index (χ4v) is 1.92. The molecule has 0 saturated carbocycles. The zero-order chi connectivity index (χ0) is 15.2. The third-order valence-electron chi connectivity index (χ3n) is 3.23. The first kappa shape index (κ1) is 16.9. The predicted molar refractivity (Wildman–Crippen MR) is 70.4 cm³/mol. The number of nitrogens with one attached hydrogen (secondary N) is 1. The van der Waals surface area contributed by atoms with E-state index in [0.29, 0.717) is 6.61 Å². The van der Waals surface area contributed by atoms with Crippen LogP contribution in [0.3, 0.4) is 0 Å². The largest absolute Gasteiger partial charge is 0.479 e. The van der Waals surface area contributed by atoms with Gasteiger partial charge in [0.2, 0.25) is 5.91 Å². The van der Waals surface area contributed by atoms with Crippen LogP contribution >= 0.6 is 0 Å². The molecule has 0 aromatic heterocycles. The minimum atomic E-state index is -1.46. The second-order valence-corrected chi connectivity index (χ2v) is 5.17. The first-order valence-corrected chi connectivity index (χ1v) is 6.66. The quantitative estimate of drug-likeness (QED) is 0.662. The van der Waals surface area contributed by atoms with Crippen LogP contribution in [0.15, 0.2) is 0 Å². The fourth-order valence-electron chi connectivity index (χ4n) is 1.92. The highest BCUT2D eigenvalue weighted by Gasteiger charge is 2.36. The molecule has 0 aliphatic carbocycles. The molecule has 1 fully saturated rings. The normalized spacial score (nSPS) is 23.1. The van der Waals surface area contributed by atoms with Crippen LogP contribution in [-0.4, -0.2) is 61.7 Å². The van der Waals surface area contributed by atoms with Gasteiger partial charge in [0.05, 0.1) is 19.3 Å². The topological polar surface area (TPSA) is 94.1 Å². The van der Waals surface area contributed by atoms with Crippen molar-refractivity contribution in [3.63, 3.8) is 0 Å². The van der Waals surface area contributed by atoms with E-state index >= 15 is 0 Å². The Morgan fingerprint density at radius 1 is 1.55 bits per heavy atom. The van der Waals surface area contributed by atoms with Gasteiger partial charge in [0, 0.05) is 13.7 Å². The summed E-state index contributed by atoms with van der Waals surface area (Å²) in [5.41, 5.74) is -1.46. The Hall–Kier alpha value is -1.18. The molecule has 20 heavy (non-hydrogen) atoms. The molecule has 1 amide bonds. The summed E-state index contributed by atoms with van der Waals surface area (Å²) in [5, 5.41) is 11.6. The highest BCUT2D eigenvalue weighted by molar-refractivity contribution is 5.88. The predicted octanol–water partition coefficient (Wildman–Crippen LogP) is 0.176. The smallest absolute Gasteiger partial charge is 0.331 e. The van der Waals surface area contributed by atoms with Gasteiger partial charge in [-0.3, -0.25) is 4.79 Å². The first-order valence-electron chi connectivity index (χ1n) is 6.66. The Morgan fingerprint density at radius 2 is 2.25 bits per heavy atom. The summed E-state index contributed by atoms with van der Waals surface area (Å²) >= 11 is 0. The number of ether oxygens (including phenoxy) is 3. The number of hydrogen-bond acceptors (Lipinski definition) is 5. The Kier molecular flexibility index (Phi) is 6.38. The van der Waals surface area contributed by atoms with E-state index in [1.807, 2.05) is 0 Å². The number of hydrogen-bond donors (Lipinski definition) is 2. The van der Waals surface area contributed by atoms with Crippen LogP contribution in [0.25, 0.3) is 0 Å². The average molecular weight is 289 g/mol. The molecule has 2 N–H and O–H groups in total. The van der Waals surface area contributed by atoms with Crippen LogP contribution in [-0.2, 0) is 23.8 Å². The van der Waals surface area contributed by atoms with Gasteiger partial charge in [-0.05, 0) is 26.7 Å². The van der Waals surface area contributed by atoms with Crippen LogP contribution in [0.1, 0.15) is 26.7 Å². The number of carbonyl (C=O) groups is 2. The van der Waals surface area contributed by atoms with Gasteiger partial charge in [-0.2, -0.15) is 0 Å². The molecule has 0 spiro atoms. The summed E-state index contributed by atoms with van der Waals surface area (Å²) in [6.07, 6.45) is 1.20. The van der Waals surface area contributed by atoms with E-state index in [1.165, 1.54) is 14.0 Å². The van der Waals surface area contributed by atoms with Gasteiger partial charge in [0.25, 0.3) is 0 Å². The van der Waals surface area contributed by atoms with Crippen molar-refractivity contribution in [2.24, 2.45) is 0 Å². The molecule has 0 radical (unpaired) electrons. The maximum Gasteiger partial charge on any atom is 0.331 e. The molecule has 0 aromatic carbocycles. The minimum Gasteiger partial charge on any atom is -0.479 e. The Labute approximate surface area is 118 Å². The summed E-state index contributed by atoms with van der Waals surface area (Å²) in [5.74, 6) is -1.64. The molecule has 1 rings (SSSR count). The molecule has 0 bridgehead atoms. The number of methoxy groups -OCH3 is 1. The molecule has 7 nitrogen and oxygen atoms in total. The molecule has 116 valence electrons. The van der Waals surface area contributed by atoms with Crippen molar-refractivity contribution >= 4 is 11.9 Å². The van der Waals surface area contributed by atoms with Crippen LogP contribution in [0.5, 0.6) is 0 Å². The first-order chi connectivity index (χ1) is 9.39.